The molecular weight excluding hydrogens is 823 g/mol. The smallest absolute Gasteiger partial charge is 0.389 e. The van der Waals surface area contributed by atoms with Gasteiger partial charge >= 0.3 is 12.5 Å². The Morgan fingerprint density at radius 1 is 1.00 bits per heavy atom. The number of aryl methyl sites for hydroxylation is 1. The maximum Gasteiger partial charge on any atom is 0.389 e. The number of nitriles is 1. The minimum atomic E-state index is -4.27. The van der Waals surface area contributed by atoms with Crippen molar-refractivity contribution in [3.05, 3.63) is 167 Å². The molecule has 1 fully saturated rings. The second-order valence-corrected chi connectivity index (χ2v) is 17.8. The first-order chi connectivity index (χ1) is 28.4. The zero-order valence-electron chi connectivity index (χ0n) is 32.1. The van der Waals surface area contributed by atoms with Gasteiger partial charge in [-0.25, -0.2) is 9.36 Å². The van der Waals surface area contributed by atoms with Gasteiger partial charge in [0.1, 0.15) is 35.5 Å². The molecule has 2 heterocycles. The fourth-order valence-electron chi connectivity index (χ4n) is 6.66. The van der Waals surface area contributed by atoms with Crippen LogP contribution < -0.4 is 20.7 Å². The number of methoxy groups -OCH3 is 2. The molecule has 1 saturated heterocycles. The summed E-state index contributed by atoms with van der Waals surface area (Å²) in [6, 6.07) is 30.4. The van der Waals surface area contributed by atoms with E-state index in [9.17, 15) is 29.5 Å². The van der Waals surface area contributed by atoms with Crippen molar-refractivity contribution < 1.29 is 37.5 Å². The summed E-state index contributed by atoms with van der Waals surface area (Å²) in [5.74, 6) is 1.06. The van der Waals surface area contributed by atoms with E-state index in [2.05, 4.69) is 4.98 Å². The van der Waals surface area contributed by atoms with Gasteiger partial charge in [0.25, 0.3) is 11.2 Å². The molecule has 1 aliphatic heterocycles. The average Bonchev–Trinajstić information content (AvgIpc) is 3.64. The summed E-state index contributed by atoms with van der Waals surface area (Å²) in [5.41, 5.74) is -0.235. The van der Waals surface area contributed by atoms with Crippen LogP contribution in [-0.2, 0) is 34.4 Å². The molecule has 6 rings (SSSR count). The van der Waals surface area contributed by atoms with Crippen LogP contribution in [0, 0.1) is 28.4 Å². The number of aromatic amines is 1. The number of nitro benzene ring substituents is 1. The monoisotopic (exact) mass is 862 g/mol. The number of hydrogen-bond donors (Lipinski definition) is 1. The molecule has 0 bridgehead atoms. The Bertz CT molecular complexity index is 2410. The van der Waals surface area contributed by atoms with Crippen LogP contribution in [0.25, 0.3) is 0 Å². The number of nitrogens with one attached hydrogen (secondary N) is 1. The highest BCUT2D eigenvalue weighted by Crippen LogP contribution is 2.64. The van der Waals surface area contributed by atoms with Crippen molar-refractivity contribution in [2.45, 2.75) is 49.6 Å². The zero-order valence-corrected chi connectivity index (χ0v) is 34.6. The molecule has 15 nitrogen and oxygen atoms in total. The first-order valence-electron chi connectivity index (χ1n) is 18.2. The Hall–Kier alpha value is -5.24. The van der Waals surface area contributed by atoms with Gasteiger partial charge in [0.2, 0.25) is 0 Å². The fourth-order valence-corrected chi connectivity index (χ4v) is 10.3. The Balaban J connectivity index is 1.42. The molecular formula is C41H40ClN4O11PS. The number of H-pyrrole nitrogens is 1. The second-order valence-electron chi connectivity index (χ2n) is 13.3. The topological polar surface area (TPSA) is 194 Å². The minimum Gasteiger partial charge on any atom is -0.497 e. The SMILES string of the molecule is COc1ccc(C(OC[C@H]2O[C@@H](n3cc(C)c(=O)[nH]c3=O)C[C@@H]2OP(=O)(OCCC#N)SCc2ccc(Cl)cc2[N+](=O)[O-])(c2ccccc2)c2ccc(OC)cc2)cc1. The van der Waals surface area contributed by atoms with Crippen LogP contribution in [0.5, 0.6) is 11.5 Å². The van der Waals surface area contributed by atoms with Crippen molar-refractivity contribution in [1.29, 1.82) is 5.26 Å². The standard InChI is InChI=1S/C41H40ClN4O11PS/c1-27-24-45(40(48)44-39(27)47)38-23-36(57-58(51,55-21-7-20-43)59-26-28-10-15-32(42)22-35(28)46(49)50)37(56-38)25-54-41(29-8-5-4-6-9-29,30-11-16-33(52-2)17-12-30)31-13-18-34(53-3)19-14-31/h4-6,8-19,22,24,36-38H,7,21,23,25-26H2,1-3H3,(H,44,47,48)/t36-,37+,38+,58?/m0/s1. The average molecular weight is 863 g/mol. The van der Waals surface area contributed by atoms with Crippen molar-refractivity contribution >= 4 is 35.5 Å². The van der Waals surface area contributed by atoms with Crippen LogP contribution in [0.4, 0.5) is 5.69 Å². The van der Waals surface area contributed by atoms with E-state index in [0.29, 0.717) is 22.9 Å². The summed E-state index contributed by atoms with van der Waals surface area (Å²) in [7, 11) is 3.14. The lowest BCUT2D eigenvalue weighted by molar-refractivity contribution is -0.385. The predicted octanol–water partition coefficient (Wildman–Crippen LogP) is 8.08. The van der Waals surface area contributed by atoms with E-state index in [0.717, 1.165) is 16.7 Å². The fraction of sp³-hybridized carbons (Fsp3) is 0.293. The summed E-state index contributed by atoms with van der Waals surface area (Å²) >= 11 is 6.74. The van der Waals surface area contributed by atoms with E-state index < -0.39 is 47.0 Å². The van der Waals surface area contributed by atoms with Crippen LogP contribution >= 0.6 is 29.8 Å². The van der Waals surface area contributed by atoms with Crippen molar-refractivity contribution in [3.8, 4) is 17.6 Å². The van der Waals surface area contributed by atoms with E-state index in [1.165, 1.54) is 29.0 Å². The summed E-state index contributed by atoms with van der Waals surface area (Å²) in [6.07, 6.45) is -1.96. The number of aromatic nitrogens is 2. The van der Waals surface area contributed by atoms with Gasteiger partial charge in [-0.15, -0.1) is 0 Å². The third-order valence-corrected chi connectivity index (χ3v) is 13.6. The molecule has 1 aromatic heterocycles. The number of rotatable bonds is 18. The number of nitrogens with zero attached hydrogens (tertiary/aromatic N) is 3. The first-order valence-corrected chi connectivity index (χ1v) is 21.7. The van der Waals surface area contributed by atoms with Gasteiger partial charge in [0, 0.05) is 40.6 Å². The van der Waals surface area contributed by atoms with E-state index in [1.54, 1.807) is 21.1 Å². The van der Waals surface area contributed by atoms with Gasteiger partial charge in [-0.2, -0.15) is 5.26 Å². The Morgan fingerprint density at radius 3 is 2.22 bits per heavy atom. The largest absolute Gasteiger partial charge is 0.497 e. The third-order valence-electron chi connectivity index (χ3n) is 9.62. The van der Waals surface area contributed by atoms with Crippen LogP contribution in [0.3, 0.4) is 0 Å². The molecule has 59 heavy (non-hydrogen) atoms. The molecule has 0 spiro atoms. The number of nitro groups is 1. The lowest BCUT2D eigenvalue weighted by Crippen LogP contribution is -2.38. The van der Waals surface area contributed by atoms with Crippen molar-refractivity contribution in [2.24, 2.45) is 0 Å². The lowest BCUT2D eigenvalue weighted by atomic mass is 9.80. The van der Waals surface area contributed by atoms with Gasteiger partial charge in [-0.3, -0.25) is 33.5 Å². The van der Waals surface area contributed by atoms with Crippen LogP contribution in [-0.4, -0.2) is 54.1 Å². The van der Waals surface area contributed by atoms with Gasteiger partial charge < -0.3 is 18.9 Å². The number of ether oxygens (including phenoxy) is 4. The van der Waals surface area contributed by atoms with Crippen LogP contribution in [0.1, 0.15) is 46.9 Å². The maximum atomic E-state index is 14.7. The molecule has 5 aromatic rings. The zero-order chi connectivity index (χ0) is 42.2. The highest BCUT2D eigenvalue weighted by Gasteiger charge is 2.46. The third kappa shape index (κ3) is 9.97. The normalized spacial score (nSPS) is 17.5. The second kappa shape index (κ2) is 19.2. The van der Waals surface area contributed by atoms with Gasteiger partial charge in [-0.05, 0) is 71.4 Å². The van der Waals surface area contributed by atoms with E-state index >= 15 is 0 Å². The number of benzene rings is 4. The van der Waals surface area contributed by atoms with E-state index in [1.807, 2.05) is 84.9 Å². The summed E-state index contributed by atoms with van der Waals surface area (Å²) in [4.78, 5) is 39.0. The molecule has 1 unspecified atom stereocenters. The molecule has 0 amide bonds. The van der Waals surface area contributed by atoms with Crippen molar-refractivity contribution in [1.82, 2.24) is 9.55 Å². The van der Waals surface area contributed by atoms with Crippen LogP contribution in [0.15, 0.2) is 113 Å². The highest BCUT2D eigenvalue weighted by molar-refractivity contribution is 8.54. The molecule has 308 valence electrons. The van der Waals surface area contributed by atoms with Crippen LogP contribution in [0.2, 0.25) is 5.02 Å². The summed E-state index contributed by atoms with van der Waals surface area (Å²) in [6.45, 7) is -3.21. The number of hydrogen-bond acceptors (Lipinski definition) is 13. The van der Waals surface area contributed by atoms with Gasteiger partial charge in [0.05, 0.1) is 44.8 Å². The van der Waals surface area contributed by atoms with Gasteiger partial charge in [0.15, 0.2) is 0 Å². The predicted molar refractivity (Wildman–Crippen MR) is 221 cm³/mol. The highest BCUT2D eigenvalue weighted by atomic mass is 35.5. The van der Waals surface area contributed by atoms with Crippen molar-refractivity contribution in [2.75, 3.05) is 27.4 Å². The molecule has 0 saturated carbocycles. The number of halogens is 1. The summed E-state index contributed by atoms with van der Waals surface area (Å²) < 4.78 is 52.6. The molecule has 1 N–H and O–H groups in total. The molecule has 4 aromatic carbocycles. The Labute approximate surface area is 348 Å². The Kier molecular flexibility index (Phi) is 14.1. The van der Waals surface area contributed by atoms with Crippen molar-refractivity contribution in [3.63, 3.8) is 0 Å². The quantitative estimate of drug-likeness (QED) is 0.0292. The van der Waals surface area contributed by atoms with E-state index in [-0.39, 0.29) is 53.6 Å². The molecule has 0 radical (unpaired) electrons. The maximum absolute atomic E-state index is 14.7. The Morgan fingerprint density at radius 2 is 1.63 bits per heavy atom. The summed E-state index contributed by atoms with van der Waals surface area (Å²) in [5, 5.41) is 21.3. The molecule has 4 atom stereocenters. The minimum absolute atomic E-state index is 0.0594. The molecule has 0 aliphatic carbocycles. The first kappa shape index (κ1) is 43.3. The van der Waals surface area contributed by atoms with Gasteiger partial charge in [-0.1, -0.05) is 66.2 Å². The molecule has 1 aliphatic rings. The molecule has 18 heteroatoms. The van der Waals surface area contributed by atoms with E-state index in [4.69, 9.17) is 39.6 Å². The lowest BCUT2D eigenvalue weighted by Gasteiger charge is -2.37.